The number of rotatable bonds is 5. The van der Waals surface area contributed by atoms with E-state index in [9.17, 15) is 13.2 Å². The fraction of sp³-hybridized carbons (Fsp3) is 0.500. The van der Waals surface area contributed by atoms with E-state index in [1.807, 2.05) is 0 Å². The molecule has 0 fully saturated rings. The van der Waals surface area contributed by atoms with E-state index in [-0.39, 0.29) is 19.2 Å². The molecule has 0 aromatic heterocycles. The van der Waals surface area contributed by atoms with Crippen LogP contribution < -0.4 is 10.6 Å². The highest BCUT2D eigenvalue weighted by atomic mass is 19.4. The normalized spacial score (nSPS) is 13.4. The number of nitrogens with two attached hydrogens (primary N) is 1. The van der Waals surface area contributed by atoms with Crippen molar-refractivity contribution in [3.05, 3.63) is 29.8 Å². The number of benzene rings is 1. The minimum absolute atomic E-state index is 0.0585. The third-order valence-corrected chi connectivity index (χ3v) is 2.52. The zero-order valence-corrected chi connectivity index (χ0v) is 10.1. The van der Waals surface area contributed by atoms with E-state index in [1.54, 1.807) is 31.2 Å². The standard InChI is InChI=1S/C12H17F3N2O/c1-9(16)10-2-4-11(5-3-10)17(6-7-18)8-12(13,14)15/h2-5,9,18H,6-8,16H2,1H3/t9-/m1/s1. The van der Waals surface area contributed by atoms with Crippen LogP contribution >= 0.6 is 0 Å². The second-order valence-corrected chi connectivity index (χ2v) is 4.14. The fourth-order valence-corrected chi connectivity index (χ4v) is 1.63. The second kappa shape index (κ2) is 6.06. The minimum atomic E-state index is -4.30. The molecule has 0 bridgehead atoms. The van der Waals surface area contributed by atoms with Crippen LogP contribution in [-0.4, -0.2) is 31.0 Å². The number of alkyl halides is 3. The fourth-order valence-electron chi connectivity index (χ4n) is 1.63. The van der Waals surface area contributed by atoms with E-state index in [1.165, 1.54) is 0 Å². The molecule has 0 saturated carbocycles. The zero-order chi connectivity index (χ0) is 13.8. The SMILES string of the molecule is C[C@@H](N)c1ccc(N(CCO)CC(F)(F)F)cc1. The van der Waals surface area contributed by atoms with E-state index >= 15 is 0 Å². The lowest BCUT2D eigenvalue weighted by Gasteiger charge is -2.25. The number of nitrogens with zero attached hydrogens (tertiary/aromatic N) is 1. The molecule has 1 atom stereocenters. The smallest absolute Gasteiger partial charge is 0.395 e. The topological polar surface area (TPSA) is 49.5 Å². The Morgan fingerprint density at radius 1 is 1.28 bits per heavy atom. The van der Waals surface area contributed by atoms with E-state index < -0.39 is 12.7 Å². The summed E-state index contributed by atoms with van der Waals surface area (Å²) in [5, 5.41) is 8.81. The number of anilines is 1. The lowest BCUT2D eigenvalue weighted by Crippen LogP contribution is -2.36. The molecule has 6 heteroatoms. The summed E-state index contributed by atoms with van der Waals surface area (Å²) in [7, 11) is 0. The maximum atomic E-state index is 12.4. The van der Waals surface area contributed by atoms with Gasteiger partial charge >= 0.3 is 6.18 Å². The van der Waals surface area contributed by atoms with Crippen LogP contribution in [0.3, 0.4) is 0 Å². The Labute approximate surface area is 104 Å². The van der Waals surface area contributed by atoms with Crippen molar-refractivity contribution in [3.8, 4) is 0 Å². The first kappa shape index (κ1) is 14.8. The highest BCUT2D eigenvalue weighted by Gasteiger charge is 2.30. The minimum Gasteiger partial charge on any atom is -0.395 e. The molecule has 0 amide bonds. The first-order chi connectivity index (χ1) is 8.33. The van der Waals surface area contributed by atoms with Gasteiger partial charge in [-0.1, -0.05) is 12.1 Å². The molecule has 1 aromatic rings. The van der Waals surface area contributed by atoms with Crippen LogP contribution in [0.5, 0.6) is 0 Å². The molecular formula is C12H17F3N2O. The third-order valence-electron chi connectivity index (χ3n) is 2.52. The van der Waals surface area contributed by atoms with Gasteiger partial charge in [-0.25, -0.2) is 0 Å². The first-order valence-electron chi connectivity index (χ1n) is 5.61. The van der Waals surface area contributed by atoms with Crippen molar-refractivity contribution in [2.45, 2.75) is 19.1 Å². The Kier molecular flexibility index (Phi) is 4.98. The average Bonchev–Trinajstić information content (AvgIpc) is 2.27. The van der Waals surface area contributed by atoms with Crippen LogP contribution in [0.2, 0.25) is 0 Å². The van der Waals surface area contributed by atoms with Crippen LogP contribution in [0.1, 0.15) is 18.5 Å². The summed E-state index contributed by atoms with van der Waals surface area (Å²) in [6.45, 7) is 0.337. The van der Waals surface area contributed by atoms with Crippen molar-refractivity contribution in [2.24, 2.45) is 5.73 Å². The molecule has 0 aliphatic rings. The number of aliphatic hydroxyl groups excluding tert-OH is 1. The van der Waals surface area contributed by atoms with Gasteiger partial charge in [0.15, 0.2) is 0 Å². The van der Waals surface area contributed by atoms with Crippen LogP contribution in [0.25, 0.3) is 0 Å². The van der Waals surface area contributed by atoms with Crippen molar-refractivity contribution in [2.75, 3.05) is 24.6 Å². The number of halogens is 3. The molecule has 3 nitrogen and oxygen atoms in total. The molecule has 0 radical (unpaired) electrons. The van der Waals surface area contributed by atoms with Crippen molar-refractivity contribution in [1.82, 2.24) is 0 Å². The van der Waals surface area contributed by atoms with Gasteiger partial charge in [0.1, 0.15) is 6.54 Å². The lowest BCUT2D eigenvalue weighted by molar-refractivity contribution is -0.119. The molecule has 0 aliphatic carbocycles. The monoisotopic (exact) mass is 262 g/mol. The maximum Gasteiger partial charge on any atom is 0.405 e. The van der Waals surface area contributed by atoms with Crippen LogP contribution in [0.4, 0.5) is 18.9 Å². The highest BCUT2D eigenvalue weighted by molar-refractivity contribution is 5.48. The van der Waals surface area contributed by atoms with Gasteiger partial charge in [-0.2, -0.15) is 13.2 Å². The van der Waals surface area contributed by atoms with E-state index in [4.69, 9.17) is 10.8 Å². The van der Waals surface area contributed by atoms with Crippen LogP contribution in [-0.2, 0) is 0 Å². The van der Waals surface area contributed by atoms with Gasteiger partial charge in [-0.05, 0) is 24.6 Å². The molecule has 0 aliphatic heterocycles. The van der Waals surface area contributed by atoms with E-state index in [0.29, 0.717) is 5.69 Å². The van der Waals surface area contributed by atoms with Crippen LogP contribution in [0, 0.1) is 0 Å². The Morgan fingerprint density at radius 2 is 1.83 bits per heavy atom. The van der Waals surface area contributed by atoms with Gasteiger partial charge in [-0.3, -0.25) is 0 Å². The first-order valence-corrected chi connectivity index (χ1v) is 5.61. The van der Waals surface area contributed by atoms with Crippen LogP contribution in [0.15, 0.2) is 24.3 Å². The maximum absolute atomic E-state index is 12.4. The molecule has 18 heavy (non-hydrogen) atoms. The van der Waals surface area contributed by atoms with E-state index in [2.05, 4.69) is 0 Å². The molecule has 0 saturated heterocycles. The summed E-state index contributed by atoms with van der Waals surface area (Å²) >= 11 is 0. The summed E-state index contributed by atoms with van der Waals surface area (Å²) in [5.41, 5.74) is 6.94. The molecule has 1 aromatic carbocycles. The van der Waals surface area contributed by atoms with Gasteiger partial charge in [0, 0.05) is 18.3 Å². The Bertz CT molecular complexity index is 363. The van der Waals surface area contributed by atoms with Gasteiger partial charge in [-0.15, -0.1) is 0 Å². The van der Waals surface area contributed by atoms with Gasteiger partial charge in [0.25, 0.3) is 0 Å². The predicted molar refractivity (Wildman–Crippen MR) is 64.4 cm³/mol. The zero-order valence-electron chi connectivity index (χ0n) is 10.1. The average molecular weight is 262 g/mol. The molecular weight excluding hydrogens is 245 g/mol. The number of hydrogen-bond donors (Lipinski definition) is 2. The second-order valence-electron chi connectivity index (χ2n) is 4.14. The third kappa shape index (κ3) is 4.54. The Balaban J connectivity index is 2.85. The summed E-state index contributed by atoms with van der Waals surface area (Å²) in [6, 6.07) is 6.40. The number of hydrogen-bond acceptors (Lipinski definition) is 3. The van der Waals surface area contributed by atoms with Gasteiger partial charge < -0.3 is 15.7 Å². The molecule has 3 N–H and O–H groups in total. The van der Waals surface area contributed by atoms with Crippen molar-refractivity contribution in [1.29, 1.82) is 0 Å². The van der Waals surface area contributed by atoms with Gasteiger partial charge in [0.2, 0.25) is 0 Å². The largest absolute Gasteiger partial charge is 0.405 e. The quantitative estimate of drug-likeness (QED) is 0.854. The molecule has 0 spiro atoms. The Morgan fingerprint density at radius 3 is 2.22 bits per heavy atom. The predicted octanol–water partition coefficient (Wildman–Crippen LogP) is 2.07. The summed E-state index contributed by atoms with van der Waals surface area (Å²) in [4.78, 5) is 1.09. The van der Waals surface area contributed by atoms with E-state index in [0.717, 1.165) is 10.5 Å². The van der Waals surface area contributed by atoms with Gasteiger partial charge in [0.05, 0.1) is 6.61 Å². The molecule has 102 valence electrons. The lowest BCUT2D eigenvalue weighted by atomic mass is 10.1. The summed E-state index contributed by atoms with van der Waals surface area (Å²) in [6.07, 6.45) is -4.30. The molecule has 1 rings (SSSR count). The van der Waals surface area contributed by atoms with Crippen molar-refractivity contribution in [3.63, 3.8) is 0 Å². The van der Waals surface area contributed by atoms with Crippen molar-refractivity contribution >= 4 is 5.69 Å². The Hall–Kier alpha value is -1.27. The summed E-state index contributed by atoms with van der Waals surface area (Å²) < 4.78 is 37.1. The molecule has 0 unspecified atom stereocenters. The number of aliphatic hydroxyl groups is 1. The van der Waals surface area contributed by atoms with Crippen molar-refractivity contribution < 1.29 is 18.3 Å². The molecule has 0 heterocycles. The highest BCUT2D eigenvalue weighted by Crippen LogP contribution is 2.23. The summed E-state index contributed by atoms with van der Waals surface area (Å²) in [5.74, 6) is 0.